The minimum atomic E-state index is -2.94. The maximum Gasteiger partial charge on any atom is 0.387 e. The molecule has 0 bridgehead atoms. The summed E-state index contributed by atoms with van der Waals surface area (Å²) in [5, 5.41) is 5.99. The first kappa shape index (κ1) is 26.2. The van der Waals surface area contributed by atoms with Gasteiger partial charge in [-0.15, -0.1) is 24.0 Å². The van der Waals surface area contributed by atoms with E-state index >= 15 is 0 Å². The molecule has 170 valence electrons. The molecule has 0 aliphatic carbocycles. The van der Waals surface area contributed by atoms with E-state index in [-0.39, 0.29) is 48.7 Å². The summed E-state index contributed by atoms with van der Waals surface area (Å²) in [4.78, 5) is 18.2. The smallest absolute Gasteiger partial charge is 0.387 e. The molecule has 1 fully saturated rings. The number of rotatable bonds is 9. The highest BCUT2D eigenvalue weighted by Crippen LogP contribution is 2.26. The van der Waals surface area contributed by atoms with Crippen LogP contribution in [0.3, 0.4) is 0 Å². The fourth-order valence-corrected chi connectivity index (χ4v) is 3.01. The summed E-state index contributed by atoms with van der Waals surface area (Å²) < 4.78 is 35.7. The number of carbonyl (C=O) groups excluding carboxylic acids is 1. The molecular formula is C20H31F2IN4O3. The van der Waals surface area contributed by atoms with E-state index < -0.39 is 6.61 Å². The largest absolute Gasteiger partial charge is 0.493 e. The number of halogens is 3. The van der Waals surface area contributed by atoms with Crippen LogP contribution in [0.4, 0.5) is 8.78 Å². The van der Waals surface area contributed by atoms with Crippen LogP contribution in [0.25, 0.3) is 0 Å². The number of carbonyl (C=O) groups is 1. The third-order valence-electron chi connectivity index (χ3n) is 4.51. The van der Waals surface area contributed by atoms with E-state index in [2.05, 4.69) is 20.4 Å². The number of aliphatic imine (C=N–C) groups is 1. The Labute approximate surface area is 193 Å². The van der Waals surface area contributed by atoms with E-state index in [1.165, 1.54) is 6.07 Å². The average Bonchev–Trinajstić information content (AvgIpc) is 2.73. The molecular weight excluding hydrogens is 509 g/mol. The molecule has 2 N–H and O–H groups in total. The van der Waals surface area contributed by atoms with Gasteiger partial charge in [0.25, 0.3) is 0 Å². The van der Waals surface area contributed by atoms with Gasteiger partial charge < -0.3 is 25.0 Å². The van der Waals surface area contributed by atoms with Crippen LogP contribution in [0.1, 0.15) is 38.2 Å². The van der Waals surface area contributed by atoms with Crippen molar-refractivity contribution < 1.29 is 23.0 Å². The predicted molar refractivity (Wildman–Crippen MR) is 123 cm³/mol. The molecule has 30 heavy (non-hydrogen) atoms. The van der Waals surface area contributed by atoms with Gasteiger partial charge in [-0.25, -0.2) is 0 Å². The van der Waals surface area contributed by atoms with E-state index in [9.17, 15) is 13.6 Å². The maximum absolute atomic E-state index is 12.8. The summed E-state index contributed by atoms with van der Waals surface area (Å²) in [6.07, 6.45) is 4.03. The van der Waals surface area contributed by atoms with Crippen molar-refractivity contribution in [2.24, 2.45) is 4.99 Å². The van der Waals surface area contributed by atoms with Crippen LogP contribution in [-0.4, -0.2) is 56.7 Å². The highest BCUT2D eigenvalue weighted by molar-refractivity contribution is 14.0. The van der Waals surface area contributed by atoms with Crippen LogP contribution in [0, 0.1) is 0 Å². The van der Waals surface area contributed by atoms with E-state index in [0.717, 1.165) is 38.8 Å². The lowest BCUT2D eigenvalue weighted by molar-refractivity contribution is -0.130. The van der Waals surface area contributed by atoms with Crippen molar-refractivity contribution >= 4 is 35.8 Å². The van der Waals surface area contributed by atoms with Crippen molar-refractivity contribution in [3.8, 4) is 11.5 Å². The molecule has 2 rings (SSSR count). The monoisotopic (exact) mass is 540 g/mol. The predicted octanol–water partition coefficient (Wildman–Crippen LogP) is 3.37. The van der Waals surface area contributed by atoms with Gasteiger partial charge in [0.15, 0.2) is 5.96 Å². The first-order valence-corrected chi connectivity index (χ1v) is 9.96. The lowest BCUT2D eigenvalue weighted by Crippen LogP contribution is -2.45. The van der Waals surface area contributed by atoms with Crippen molar-refractivity contribution in [3.63, 3.8) is 0 Å². The zero-order valence-corrected chi connectivity index (χ0v) is 19.8. The van der Waals surface area contributed by atoms with Crippen molar-refractivity contribution in [2.75, 3.05) is 33.3 Å². The van der Waals surface area contributed by atoms with Crippen molar-refractivity contribution in [1.29, 1.82) is 0 Å². The quantitative estimate of drug-likeness (QED) is 0.286. The molecule has 0 spiro atoms. The molecule has 1 aliphatic heterocycles. The summed E-state index contributed by atoms with van der Waals surface area (Å²) >= 11 is 0. The lowest BCUT2D eigenvalue weighted by atomic mass is 10.1. The Morgan fingerprint density at radius 3 is 2.60 bits per heavy atom. The minimum absolute atomic E-state index is 0. The second-order valence-corrected chi connectivity index (χ2v) is 6.72. The first-order valence-electron chi connectivity index (χ1n) is 9.96. The van der Waals surface area contributed by atoms with Gasteiger partial charge in [-0.3, -0.25) is 9.79 Å². The number of nitrogens with one attached hydrogen (secondary N) is 2. The van der Waals surface area contributed by atoms with E-state index in [0.29, 0.717) is 23.9 Å². The van der Waals surface area contributed by atoms with Gasteiger partial charge in [0.05, 0.1) is 13.2 Å². The van der Waals surface area contributed by atoms with Gasteiger partial charge in [-0.05, 0) is 37.8 Å². The van der Waals surface area contributed by atoms with Crippen molar-refractivity contribution in [3.05, 3.63) is 23.8 Å². The molecule has 1 amide bonds. The highest BCUT2D eigenvalue weighted by Gasteiger charge is 2.17. The third kappa shape index (κ3) is 8.88. The molecule has 0 saturated carbocycles. The van der Waals surface area contributed by atoms with Gasteiger partial charge in [-0.1, -0.05) is 6.92 Å². The van der Waals surface area contributed by atoms with Crippen LogP contribution >= 0.6 is 24.0 Å². The molecule has 1 aromatic rings. The van der Waals surface area contributed by atoms with Gasteiger partial charge in [0.2, 0.25) is 5.91 Å². The summed E-state index contributed by atoms with van der Waals surface area (Å²) in [5.74, 6) is 0.943. The highest BCUT2D eigenvalue weighted by atomic mass is 127. The molecule has 7 nitrogen and oxygen atoms in total. The zero-order valence-electron chi connectivity index (χ0n) is 17.5. The zero-order chi connectivity index (χ0) is 21.1. The molecule has 0 radical (unpaired) electrons. The van der Waals surface area contributed by atoms with Gasteiger partial charge in [-0.2, -0.15) is 8.78 Å². The van der Waals surface area contributed by atoms with Gasteiger partial charge in [0.1, 0.15) is 11.5 Å². The number of amides is 1. The number of alkyl halides is 2. The summed E-state index contributed by atoms with van der Waals surface area (Å²) in [6, 6.07) is 4.83. The molecule has 1 heterocycles. The SMILES string of the molecule is CCCOc1ccc(CNC(=NC)NCC(=O)N2CCCCC2)c(OC(F)F)c1.I. The Hall–Kier alpha value is -1.85. The van der Waals surface area contributed by atoms with Crippen LogP contribution in [0.2, 0.25) is 0 Å². The topological polar surface area (TPSA) is 75.2 Å². The van der Waals surface area contributed by atoms with Crippen LogP contribution in [0.15, 0.2) is 23.2 Å². The summed E-state index contributed by atoms with van der Waals surface area (Å²) in [5.41, 5.74) is 0.527. The third-order valence-corrected chi connectivity index (χ3v) is 4.51. The fourth-order valence-electron chi connectivity index (χ4n) is 3.01. The van der Waals surface area contributed by atoms with Crippen molar-refractivity contribution in [2.45, 2.75) is 45.8 Å². The Morgan fingerprint density at radius 1 is 1.23 bits per heavy atom. The standard InChI is InChI=1S/C20H30F2N4O3.HI/c1-3-11-28-16-8-7-15(17(12-16)29-19(21)22)13-24-20(23-2)25-14-18(27)26-9-5-4-6-10-26;/h7-8,12,19H,3-6,9-11,13-14H2,1-2H3,(H2,23,24,25);1H. The van der Waals surface area contributed by atoms with Crippen LogP contribution in [0.5, 0.6) is 11.5 Å². The summed E-state index contributed by atoms with van der Waals surface area (Å²) in [7, 11) is 1.58. The van der Waals surface area contributed by atoms with Crippen LogP contribution in [-0.2, 0) is 11.3 Å². The van der Waals surface area contributed by atoms with E-state index in [1.807, 2.05) is 11.8 Å². The van der Waals surface area contributed by atoms with E-state index in [4.69, 9.17) is 4.74 Å². The molecule has 0 atom stereocenters. The maximum atomic E-state index is 12.8. The Bertz CT molecular complexity index is 686. The first-order chi connectivity index (χ1) is 14.0. The van der Waals surface area contributed by atoms with Crippen molar-refractivity contribution in [1.82, 2.24) is 15.5 Å². The molecule has 10 heteroatoms. The molecule has 1 aromatic carbocycles. The molecule has 0 aromatic heterocycles. The minimum Gasteiger partial charge on any atom is -0.493 e. The fraction of sp³-hybridized carbons (Fsp3) is 0.600. The number of piperidine rings is 1. The van der Waals surface area contributed by atoms with Gasteiger partial charge >= 0.3 is 6.61 Å². The lowest BCUT2D eigenvalue weighted by Gasteiger charge is -2.27. The number of guanidine groups is 1. The number of hydrogen-bond donors (Lipinski definition) is 2. The number of nitrogens with zero attached hydrogens (tertiary/aromatic N) is 2. The number of likely N-dealkylation sites (tertiary alicyclic amines) is 1. The second kappa shape index (κ2) is 14.2. The molecule has 0 unspecified atom stereocenters. The molecule has 1 saturated heterocycles. The Kier molecular flexibility index (Phi) is 12.4. The number of benzene rings is 1. The number of hydrogen-bond acceptors (Lipinski definition) is 4. The average molecular weight is 540 g/mol. The molecule has 1 aliphatic rings. The Morgan fingerprint density at radius 2 is 1.97 bits per heavy atom. The van der Waals surface area contributed by atoms with E-state index in [1.54, 1.807) is 19.2 Å². The Balaban J connectivity index is 0.00000450. The van der Waals surface area contributed by atoms with Crippen LogP contribution < -0.4 is 20.1 Å². The summed E-state index contributed by atoms with van der Waals surface area (Å²) in [6.45, 7) is 1.42. The van der Waals surface area contributed by atoms with Gasteiger partial charge in [0, 0.05) is 38.3 Å². The number of ether oxygens (including phenoxy) is 2. The second-order valence-electron chi connectivity index (χ2n) is 6.72. The normalized spacial score (nSPS) is 14.2.